The minimum atomic E-state index is -2.66. The molecule has 0 aliphatic carbocycles. The molecule has 0 bridgehead atoms. The topological polar surface area (TPSA) is 55.8 Å². The molecule has 0 radical (unpaired) electrons. The van der Waals surface area contributed by atoms with Crippen LogP contribution in [-0.4, -0.2) is 26.9 Å². The number of nitrogens with zero attached hydrogens (tertiary/aromatic N) is 1. The maximum absolute atomic E-state index is 11.1. The highest BCUT2D eigenvalue weighted by atomic mass is 32.2. The second-order valence-corrected chi connectivity index (χ2v) is 4.49. The van der Waals surface area contributed by atoms with E-state index in [2.05, 4.69) is 0 Å². The van der Waals surface area contributed by atoms with Crippen molar-refractivity contribution in [3.05, 3.63) is 36.0 Å². The fourth-order valence-corrected chi connectivity index (χ4v) is 2.00. The Kier molecular flexibility index (Phi) is 5.51. The summed E-state index contributed by atoms with van der Waals surface area (Å²) in [4.78, 5) is 0. The highest BCUT2D eigenvalue weighted by molar-refractivity contribution is 7.69. The summed E-state index contributed by atoms with van der Waals surface area (Å²) in [5.41, 5.74) is 0.774. The summed E-state index contributed by atoms with van der Waals surface area (Å²) in [7, 11) is 0.439. The van der Waals surface area contributed by atoms with Crippen molar-refractivity contribution < 1.29 is 17.9 Å². The quantitative estimate of drug-likeness (QED) is 0.798. The lowest BCUT2D eigenvalue weighted by Gasteiger charge is -2.15. The fourth-order valence-electron chi connectivity index (χ4n) is 1.49. The Bertz CT molecular complexity index is 489. The van der Waals surface area contributed by atoms with Crippen LogP contribution in [0.25, 0.3) is 0 Å². The Labute approximate surface area is 109 Å². The second kappa shape index (κ2) is 6.90. The third-order valence-corrected chi connectivity index (χ3v) is 3.05. The summed E-state index contributed by atoms with van der Waals surface area (Å²) in [5, 5.41) is 0. The zero-order chi connectivity index (χ0) is 13.5. The first-order valence-corrected chi connectivity index (χ1v) is 6.50. The van der Waals surface area contributed by atoms with E-state index in [1.165, 1.54) is 17.6 Å². The lowest BCUT2D eigenvalue weighted by atomic mass is 10.2. The Morgan fingerprint density at radius 1 is 1.28 bits per heavy atom. The van der Waals surface area contributed by atoms with Crippen LogP contribution in [0.3, 0.4) is 0 Å². The molecule has 0 unspecified atom stereocenters. The van der Waals surface area contributed by atoms with Gasteiger partial charge in [-0.15, -0.1) is 0 Å². The van der Waals surface area contributed by atoms with Crippen LogP contribution in [0.5, 0.6) is 11.5 Å². The molecule has 0 spiro atoms. The summed E-state index contributed by atoms with van der Waals surface area (Å²) in [6.45, 7) is 1.99. The summed E-state index contributed by atoms with van der Waals surface area (Å²) >= 11 is 0. The minimum Gasteiger partial charge on any atom is -0.497 e. The molecule has 1 aromatic rings. The van der Waals surface area contributed by atoms with Gasteiger partial charge >= 0.3 is 0 Å². The van der Waals surface area contributed by atoms with Gasteiger partial charge in [-0.1, -0.05) is 6.08 Å². The van der Waals surface area contributed by atoms with E-state index in [4.69, 9.17) is 9.47 Å². The molecule has 18 heavy (non-hydrogen) atoms. The molecule has 5 nitrogen and oxygen atoms in total. The molecular formula is C12H17NO4S. The number of benzene rings is 1. The van der Waals surface area contributed by atoms with Crippen molar-refractivity contribution in [1.29, 1.82) is 0 Å². The van der Waals surface area contributed by atoms with Gasteiger partial charge in [0.15, 0.2) is 0 Å². The lowest BCUT2D eigenvalue weighted by Crippen LogP contribution is -2.15. The zero-order valence-corrected chi connectivity index (χ0v) is 11.5. The number of ether oxygens (including phenoxy) is 2. The fraction of sp³-hybridized carbons (Fsp3) is 0.333. The van der Waals surface area contributed by atoms with Crippen molar-refractivity contribution in [2.24, 2.45) is 0 Å². The first kappa shape index (κ1) is 14.4. The van der Waals surface area contributed by atoms with Crippen molar-refractivity contribution in [3.8, 4) is 11.5 Å². The van der Waals surface area contributed by atoms with Crippen LogP contribution >= 0.6 is 0 Å². The van der Waals surface area contributed by atoms with Crippen LogP contribution in [0, 0.1) is 0 Å². The molecule has 0 heterocycles. The number of methoxy groups -OCH3 is 2. The Morgan fingerprint density at radius 2 is 2.00 bits per heavy atom. The monoisotopic (exact) mass is 271 g/mol. The molecule has 0 N–H and O–H groups in total. The normalized spacial score (nSPS) is 10.9. The summed E-state index contributed by atoms with van der Waals surface area (Å²) < 4.78 is 33.7. The van der Waals surface area contributed by atoms with Gasteiger partial charge in [-0.25, -0.2) is 8.42 Å². The van der Waals surface area contributed by atoms with Crippen LogP contribution < -0.4 is 9.47 Å². The van der Waals surface area contributed by atoms with Gasteiger partial charge in [-0.3, -0.25) is 4.31 Å². The molecule has 0 amide bonds. The molecule has 0 saturated heterocycles. The summed E-state index contributed by atoms with van der Waals surface area (Å²) in [6, 6.07) is 5.28. The average Bonchev–Trinajstić information content (AvgIpc) is 2.38. The highest BCUT2D eigenvalue weighted by Gasteiger charge is 2.09. The van der Waals surface area contributed by atoms with E-state index >= 15 is 0 Å². The maximum atomic E-state index is 11.1. The van der Waals surface area contributed by atoms with Gasteiger partial charge in [0.25, 0.3) is 0 Å². The Hall–Kier alpha value is -1.69. The van der Waals surface area contributed by atoms with Gasteiger partial charge in [-0.2, -0.15) is 0 Å². The van der Waals surface area contributed by atoms with Crippen LogP contribution in [-0.2, 0) is 17.4 Å². The SMILES string of the molecule is CC=CN(Cc1ccc(OC)cc1OC)[SH](=O)=O. The predicted octanol–water partition coefficient (Wildman–Crippen LogP) is 1.57. The highest BCUT2D eigenvalue weighted by Crippen LogP contribution is 2.25. The first-order chi connectivity index (χ1) is 8.62. The first-order valence-electron chi connectivity index (χ1n) is 5.37. The smallest absolute Gasteiger partial charge is 0.224 e. The third kappa shape index (κ3) is 3.66. The van der Waals surface area contributed by atoms with Crippen molar-refractivity contribution in [3.63, 3.8) is 0 Å². The van der Waals surface area contributed by atoms with Crippen molar-refractivity contribution in [2.45, 2.75) is 13.5 Å². The van der Waals surface area contributed by atoms with Crippen LogP contribution in [0.1, 0.15) is 12.5 Å². The molecule has 1 rings (SSSR count). The van der Waals surface area contributed by atoms with Gasteiger partial charge in [0.05, 0.1) is 20.8 Å². The maximum Gasteiger partial charge on any atom is 0.224 e. The molecule has 1 aromatic carbocycles. The molecule has 0 aromatic heterocycles. The van der Waals surface area contributed by atoms with Crippen LogP contribution in [0.2, 0.25) is 0 Å². The van der Waals surface area contributed by atoms with Crippen LogP contribution in [0.15, 0.2) is 30.5 Å². The van der Waals surface area contributed by atoms with Crippen molar-refractivity contribution in [1.82, 2.24) is 4.31 Å². The van der Waals surface area contributed by atoms with E-state index in [0.717, 1.165) is 5.56 Å². The molecule has 100 valence electrons. The minimum absolute atomic E-state index is 0.232. The molecule has 0 aliphatic heterocycles. The van der Waals surface area contributed by atoms with Gasteiger partial charge in [0, 0.05) is 17.8 Å². The second-order valence-electron chi connectivity index (χ2n) is 3.50. The number of hydrogen-bond donors (Lipinski definition) is 1. The van der Waals surface area contributed by atoms with Gasteiger partial charge in [0.1, 0.15) is 11.5 Å². The molecule has 0 saturated carbocycles. The van der Waals surface area contributed by atoms with Crippen molar-refractivity contribution in [2.75, 3.05) is 14.2 Å². The summed E-state index contributed by atoms with van der Waals surface area (Å²) in [5.74, 6) is 1.26. The average molecular weight is 271 g/mol. The molecule has 0 aliphatic rings. The number of thiol groups is 1. The van der Waals surface area contributed by atoms with E-state index in [1.807, 2.05) is 0 Å². The molecule has 0 atom stereocenters. The van der Waals surface area contributed by atoms with Gasteiger partial charge in [-0.05, 0) is 19.1 Å². The molecule has 0 fully saturated rings. The Balaban J connectivity index is 3.02. The zero-order valence-electron chi connectivity index (χ0n) is 10.6. The Morgan fingerprint density at radius 3 is 2.50 bits per heavy atom. The van der Waals surface area contributed by atoms with Crippen LogP contribution in [0.4, 0.5) is 0 Å². The van der Waals surface area contributed by atoms with E-state index in [9.17, 15) is 8.42 Å². The standard InChI is InChI=1S/C12H17NO4S/c1-4-7-13(18(14)15)9-10-5-6-11(16-2)8-12(10)17-3/h4-8,18H,9H2,1-3H3. The molecule has 6 heteroatoms. The lowest BCUT2D eigenvalue weighted by molar-refractivity contribution is 0.387. The number of rotatable bonds is 6. The number of hydrogen-bond acceptors (Lipinski definition) is 4. The predicted molar refractivity (Wildman–Crippen MR) is 70.2 cm³/mol. The molecular weight excluding hydrogens is 254 g/mol. The van der Waals surface area contributed by atoms with E-state index in [-0.39, 0.29) is 6.54 Å². The number of allylic oxidation sites excluding steroid dienone is 1. The summed E-state index contributed by atoms with van der Waals surface area (Å²) in [6.07, 6.45) is 3.18. The van der Waals surface area contributed by atoms with Gasteiger partial charge in [0.2, 0.25) is 10.9 Å². The van der Waals surface area contributed by atoms with Crippen molar-refractivity contribution >= 4 is 10.9 Å². The van der Waals surface area contributed by atoms with Gasteiger partial charge < -0.3 is 9.47 Å². The third-order valence-electron chi connectivity index (χ3n) is 2.36. The van der Waals surface area contributed by atoms with E-state index < -0.39 is 10.9 Å². The largest absolute Gasteiger partial charge is 0.497 e. The van der Waals surface area contributed by atoms with E-state index in [1.54, 1.807) is 38.3 Å². The van der Waals surface area contributed by atoms with E-state index in [0.29, 0.717) is 11.5 Å².